The van der Waals surface area contributed by atoms with Gasteiger partial charge in [0.15, 0.2) is 0 Å². The van der Waals surface area contributed by atoms with Crippen LogP contribution in [-0.4, -0.2) is 26.2 Å². The van der Waals surface area contributed by atoms with E-state index >= 15 is 0 Å². The minimum atomic E-state index is -0.0865. The molecule has 0 bridgehead atoms. The third kappa shape index (κ3) is 6.27. The van der Waals surface area contributed by atoms with Gasteiger partial charge in [-0.15, -0.1) is 0 Å². The minimum Gasteiger partial charge on any atom is -0.469 e. The van der Waals surface area contributed by atoms with Crippen molar-refractivity contribution < 1.29 is 19.1 Å². The van der Waals surface area contributed by atoms with E-state index in [0.717, 1.165) is 49.4 Å². The average molecular weight is 559 g/mol. The van der Waals surface area contributed by atoms with Crippen LogP contribution in [0.2, 0.25) is 0 Å². The average Bonchev–Trinajstić information content (AvgIpc) is 3.85. The van der Waals surface area contributed by atoms with Crippen molar-refractivity contribution >= 4 is 11.9 Å². The Hall–Kier alpha value is -2.62. The molecule has 4 heteroatoms. The topological polar surface area (TPSA) is 52.6 Å². The number of carbonyl (C=O) groups excluding carboxylic acids is 2. The Morgan fingerprint density at radius 3 is 1.27 bits per heavy atom. The summed E-state index contributed by atoms with van der Waals surface area (Å²) in [5.41, 5.74) is 3.43. The van der Waals surface area contributed by atoms with Crippen LogP contribution >= 0.6 is 0 Å². The monoisotopic (exact) mass is 558 g/mol. The van der Waals surface area contributed by atoms with E-state index in [1.807, 2.05) is 0 Å². The second kappa shape index (κ2) is 13.6. The SMILES string of the molecule is COC(=O)CCCC1(c2ccccc2)C2CCCCCC3C(CCCCC21)C3(CCCC(=O)OC)c1ccccc1. The maximum absolute atomic E-state index is 11.9. The minimum absolute atomic E-state index is 0.0865. The molecule has 0 N–H and O–H groups in total. The molecule has 0 spiro atoms. The van der Waals surface area contributed by atoms with E-state index < -0.39 is 0 Å². The first-order valence-electron chi connectivity index (χ1n) is 16.3. The Morgan fingerprint density at radius 2 is 0.927 bits per heavy atom. The van der Waals surface area contributed by atoms with Crippen LogP contribution < -0.4 is 0 Å². The first-order valence-corrected chi connectivity index (χ1v) is 16.3. The Morgan fingerprint density at radius 1 is 0.585 bits per heavy atom. The van der Waals surface area contributed by atoms with Crippen molar-refractivity contribution in [2.24, 2.45) is 23.7 Å². The van der Waals surface area contributed by atoms with Crippen molar-refractivity contribution in [3.05, 3.63) is 71.8 Å². The van der Waals surface area contributed by atoms with Crippen LogP contribution in [0.5, 0.6) is 0 Å². The van der Waals surface area contributed by atoms with Crippen LogP contribution in [0.4, 0.5) is 0 Å². The van der Waals surface area contributed by atoms with Gasteiger partial charge in [0.25, 0.3) is 0 Å². The van der Waals surface area contributed by atoms with Gasteiger partial charge in [0, 0.05) is 23.7 Å². The van der Waals surface area contributed by atoms with E-state index in [1.165, 1.54) is 83.1 Å². The number of fused-ring (bicyclic) bond motifs is 2. The molecule has 4 nitrogen and oxygen atoms in total. The molecule has 5 rings (SSSR count). The Kier molecular flexibility index (Phi) is 9.88. The number of benzene rings is 2. The van der Waals surface area contributed by atoms with E-state index in [4.69, 9.17) is 9.47 Å². The fourth-order valence-corrected chi connectivity index (χ4v) is 9.32. The maximum Gasteiger partial charge on any atom is 0.305 e. The Balaban J connectivity index is 1.29. The summed E-state index contributed by atoms with van der Waals surface area (Å²) in [5, 5.41) is 0. The predicted octanol–water partition coefficient (Wildman–Crippen LogP) is 8.57. The van der Waals surface area contributed by atoms with Gasteiger partial charge < -0.3 is 9.47 Å². The predicted molar refractivity (Wildman–Crippen MR) is 163 cm³/mol. The molecule has 2 aromatic rings. The molecule has 0 saturated heterocycles. The molecule has 6 unspecified atom stereocenters. The van der Waals surface area contributed by atoms with E-state index in [2.05, 4.69) is 60.7 Å². The highest BCUT2D eigenvalue weighted by molar-refractivity contribution is 5.69. The lowest BCUT2D eigenvalue weighted by atomic mass is 9.84. The van der Waals surface area contributed by atoms with Gasteiger partial charge in [0.1, 0.15) is 0 Å². The highest BCUT2D eigenvalue weighted by Gasteiger charge is 2.64. The van der Waals surface area contributed by atoms with Crippen LogP contribution in [0.3, 0.4) is 0 Å². The second-order valence-corrected chi connectivity index (χ2v) is 13.0. The molecule has 0 heterocycles. The molecule has 6 atom stereocenters. The fourth-order valence-electron chi connectivity index (χ4n) is 9.32. The Bertz CT molecular complexity index is 1040. The molecule has 2 aromatic carbocycles. The van der Waals surface area contributed by atoms with E-state index in [0.29, 0.717) is 12.8 Å². The van der Waals surface area contributed by atoms with Crippen molar-refractivity contribution in [3.63, 3.8) is 0 Å². The number of hydrogen-bond acceptors (Lipinski definition) is 4. The van der Waals surface area contributed by atoms with Crippen molar-refractivity contribution in [3.8, 4) is 0 Å². The van der Waals surface area contributed by atoms with Crippen molar-refractivity contribution in [1.82, 2.24) is 0 Å². The van der Waals surface area contributed by atoms with Gasteiger partial charge in [-0.2, -0.15) is 0 Å². The summed E-state index contributed by atoms with van der Waals surface area (Å²) < 4.78 is 9.93. The standard InChI is InChI=1S/C37H50O4/c1-40-34(38)24-14-26-36(28-16-6-3-7-17-28)30-20-10-5-11-21-31-33(23-13-12-22-32(30)36)37(31,27-15-25-35(39)41-2)29-18-8-4-9-19-29/h3-4,6-9,16-19,30-33H,5,10-15,20-27H2,1-2H3. The number of rotatable bonds is 10. The lowest BCUT2D eigenvalue weighted by molar-refractivity contribution is -0.141. The zero-order valence-electron chi connectivity index (χ0n) is 25.3. The summed E-state index contributed by atoms with van der Waals surface area (Å²) >= 11 is 0. The van der Waals surface area contributed by atoms with Crippen LogP contribution in [0.25, 0.3) is 0 Å². The molecule has 222 valence electrons. The molecule has 0 aliphatic heterocycles. The van der Waals surface area contributed by atoms with Crippen LogP contribution in [0.1, 0.15) is 107 Å². The first-order chi connectivity index (χ1) is 20.1. The number of hydrogen-bond donors (Lipinski definition) is 0. The molecule has 0 aromatic heterocycles. The van der Waals surface area contributed by atoms with Crippen molar-refractivity contribution in [2.45, 2.75) is 107 Å². The smallest absolute Gasteiger partial charge is 0.305 e. The summed E-state index contributed by atoms with van der Waals surface area (Å²) in [6, 6.07) is 22.4. The summed E-state index contributed by atoms with van der Waals surface area (Å²) in [5.74, 6) is 2.74. The summed E-state index contributed by atoms with van der Waals surface area (Å²) in [6.45, 7) is 0. The first kappa shape index (κ1) is 29.9. The summed E-state index contributed by atoms with van der Waals surface area (Å²) in [6.07, 6.45) is 16.7. The van der Waals surface area contributed by atoms with Crippen LogP contribution in [-0.2, 0) is 29.9 Å². The largest absolute Gasteiger partial charge is 0.469 e. The van der Waals surface area contributed by atoms with Gasteiger partial charge in [-0.1, -0.05) is 92.8 Å². The molecule has 3 saturated carbocycles. The molecule has 0 amide bonds. The lowest BCUT2D eigenvalue weighted by Gasteiger charge is -2.20. The van der Waals surface area contributed by atoms with Crippen LogP contribution in [0, 0.1) is 23.7 Å². The molecule has 3 fully saturated rings. The number of esters is 2. The number of ether oxygens (including phenoxy) is 2. The molecule has 41 heavy (non-hydrogen) atoms. The quantitative estimate of drug-likeness (QED) is 0.274. The molecular weight excluding hydrogens is 508 g/mol. The zero-order valence-corrected chi connectivity index (χ0v) is 25.3. The van der Waals surface area contributed by atoms with Gasteiger partial charge >= 0.3 is 11.9 Å². The number of methoxy groups -OCH3 is 2. The van der Waals surface area contributed by atoms with E-state index in [1.54, 1.807) is 0 Å². The fraction of sp³-hybridized carbons (Fsp3) is 0.622. The van der Waals surface area contributed by atoms with Gasteiger partial charge in [-0.25, -0.2) is 0 Å². The second-order valence-electron chi connectivity index (χ2n) is 13.0. The zero-order chi connectivity index (χ0) is 28.7. The maximum atomic E-state index is 11.9. The van der Waals surface area contributed by atoms with Gasteiger partial charge in [0.05, 0.1) is 14.2 Å². The summed E-state index contributed by atoms with van der Waals surface area (Å²) in [7, 11) is 3.00. The Labute approximate surface area is 247 Å². The highest BCUT2D eigenvalue weighted by Crippen LogP contribution is 2.69. The van der Waals surface area contributed by atoms with Crippen molar-refractivity contribution in [1.29, 1.82) is 0 Å². The molecule has 3 aliphatic rings. The van der Waals surface area contributed by atoms with Gasteiger partial charge in [-0.3, -0.25) is 9.59 Å². The third-order valence-corrected chi connectivity index (χ3v) is 11.2. The van der Waals surface area contributed by atoms with E-state index in [-0.39, 0.29) is 22.8 Å². The summed E-state index contributed by atoms with van der Waals surface area (Å²) in [4.78, 5) is 23.9. The normalized spacial score (nSPS) is 31.3. The molecule has 0 radical (unpaired) electrons. The van der Waals surface area contributed by atoms with E-state index in [9.17, 15) is 9.59 Å². The molecular formula is C37H50O4. The molecule has 3 aliphatic carbocycles. The van der Waals surface area contributed by atoms with Crippen molar-refractivity contribution in [2.75, 3.05) is 14.2 Å². The number of carbonyl (C=O) groups is 2. The van der Waals surface area contributed by atoms with Gasteiger partial charge in [0.2, 0.25) is 0 Å². The van der Waals surface area contributed by atoms with Gasteiger partial charge in [-0.05, 0) is 86.2 Å². The van der Waals surface area contributed by atoms with Crippen LogP contribution in [0.15, 0.2) is 60.7 Å². The lowest BCUT2D eigenvalue weighted by Crippen LogP contribution is -2.14. The third-order valence-electron chi connectivity index (χ3n) is 11.2. The highest BCUT2D eigenvalue weighted by atomic mass is 16.5.